The molecule has 0 saturated heterocycles. The Hall–Kier alpha value is -2.18. The highest BCUT2D eigenvalue weighted by Crippen LogP contribution is 2.25. The SMILES string of the molecule is NNC(=O)c1cccc(Cn2ccc3c(Br)cccc32)n1. The van der Waals surface area contributed by atoms with Crippen molar-refractivity contribution in [2.24, 2.45) is 5.84 Å². The predicted molar refractivity (Wildman–Crippen MR) is 84.6 cm³/mol. The molecule has 1 aromatic carbocycles. The van der Waals surface area contributed by atoms with Crippen molar-refractivity contribution in [3.8, 4) is 0 Å². The van der Waals surface area contributed by atoms with E-state index in [0.29, 0.717) is 12.2 Å². The van der Waals surface area contributed by atoms with E-state index in [1.165, 1.54) is 0 Å². The third-order valence-electron chi connectivity index (χ3n) is 3.26. The molecular weight excluding hydrogens is 332 g/mol. The normalized spacial score (nSPS) is 10.8. The zero-order valence-electron chi connectivity index (χ0n) is 11.1. The molecule has 0 radical (unpaired) electrons. The third-order valence-corrected chi connectivity index (χ3v) is 3.95. The van der Waals surface area contributed by atoms with Gasteiger partial charge in [0.15, 0.2) is 0 Å². The number of nitrogen functional groups attached to an aromatic ring is 1. The zero-order chi connectivity index (χ0) is 14.8. The van der Waals surface area contributed by atoms with Crippen molar-refractivity contribution in [1.82, 2.24) is 15.0 Å². The fraction of sp³-hybridized carbons (Fsp3) is 0.0667. The fourth-order valence-electron chi connectivity index (χ4n) is 2.27. The van der Waals surface area contributed by atoms with Crippen molar-refractivity contribution < 1.29 is 4.79 Å². The molecule has 0 saturated carbocycles. The van der Waals surface area contributed by atoms with Crippen LogP contribution in [0, 0.1) is 0 Å². The molecule has 2 heterocycles. The maximum Gasteiger partial charge on any atom is 0.283 e. The summed E-state index contributed by atoms with van der Waals surface area (Å²) in [5, 5.41) is 1.15. The first-order valence-electron chi connectivity index (χ1n) is 6.39. The van der Waals surface area contributed by atoms with Gasteiger partial charge in [-0.25, -0.2) is 10.8 Å². The number of aromatic nitrogens is 2. The number of hydrogen-bond acceptors (Lipinski definition) is 3. The second kappa shape index (κ2) is 5.67. The van der Waals surface area contributed by atoms with Gasteiger partial charge >= 0.3 is 0 Å². The lowest BCUT2D eigenvalue weighted by atomic mass is 10.2. The molecule has 1 amide bonds. The molecule has 2 aromatic heterocycles. The van der Waals surface area contributed by atoms with Crippen LogP contribution in [0.15, 0.2) is 53.1 Å². The minimum absolute atomic E-state index is 0.313. The first kappa shape index (κ1) is 13.8. The standard InChI is InChI=1S/C15H13BrN4O/c16-12-4-2-6-14-11(12)7-8-20(14)9-10-3-1-5-13(18-10)15(21)19-17/h1-8H,9,17H2,(H,19,21). The van der Waals surface area contributed by atoms with Gasteiger partial charge in [0.2, 0.25) is 0 Å². The van der Waals surface area contributed by atoms with E-state index in [1.54, 1.807) is 12.1 Å². The molecule has 106 valence electrons. The quantitative estimate of drug-likeness (QED) is 0.435. The number of hydrogen-bond donors (Lipinski definition) is 2. The van der Waals surface area contributed by atoms with Crippen LogP contribution >= 0.6 is 15.9 Å². The minimum Gasteiger partial charge on any atom is -0.341 e. The second-order valence-electron chi connectivity index (χ2n) is 4.60. The van der Waals surface area contributed by atoms with Crippen LogP contribution in [0.5, 0.6) is 0 Å². The number of nitrogens with zero attached hydrogens (tertiary/aromatic N) is 2. The molecule has 0 aliphatic heterocycles. The van der Waals surface area contributed by atoms with Gasteiger partial charge < -0.3 is 4.57 Å². The monoisotopic (exact) mass is 344 g/mol. The molecule has 0 unspecified atom stereocenters. The minimum atomic E-state index is -0.392. The molecule has 0 bridgehead atoms. The van der Waals surface area contributed by atoms with Crippen molar-refractivity contribution in [3.05, 3.63) is 64.5 Å². The smallest absolute Gasteiger partial charge is 0.283 e. The van der Waals surface area contributed by atoms with Gasteiger partial charge in [-0.3, -0.25) is 10.2 Å². The average Bonchev–Trinajstić information content (AvgIpc) is 2.91. The van der Waals surface area contributed by atoms with Crippen LogP contribution in [0.4, 0.5) is 0 Å². The molecule has 0 aliphatic rings. The first-order chi connectivity index (χ1) is 10.2. The van der Waals surface area contributed by atoms with Gasteiger partial charge in [0, 0.05) is 21.6 Å². The second-order valence-corrected chi connectivity index (χ2v) is 5.46. The molecule has 3 aromatic rings. The van der Waals surface area contributed by atoms with Crippen LogP contribution in [0.25, 0.3) is 10.9 Å². The number of benzene rings is 1. The maximum atomic E-state index is 11.5. The summed E-state index contributed by atoms with van der Waals surface area (Å²) in [4.78, 5) is 15.8. The van der Waals surface area contributed by atoms with E-state index in [4.69, 9.17) is 5.84 Å². The molecule has 0 spiro atoms. The van der Waals surface area contributed by atoms with Crippen molar-refractivity contribution in [2.45, 2.75) is 6.54 Å². The predicted octanol–water partition coefficient (Wildman–Crippen LogP) is 2.45. The molecule has 0 aliphatic carbocycles. The lowest BCUT2D eigenvalue weighted by Crippen LogP contribution is -2.30. The van der Waals surface area contributed by atoms with Crippen LogP contribution in [-0.2, 0) is 6.54 Å². The molecule has 21 heavy (non-hydrogen) atoms. The highest BCUT2D eigenvalue weighted by Gasteiger charge is 2.08. The summed E-state index contributed by atoms with van der Waals surface area (Å²) >= 11 is 3.54. The number of nitrogens with two attached hydrogens (primary N) is 1. The Kier molecular flexibility index (Phi) is 3.72. The van der Waals surface area contributed by atoms with Gasteiger partial charge in [-0.05, 0) is 30.3 Å². The molecular formula is C15H13BrN4O. The number of amides is 1. The molecule has 3 N–H and O–H groups in total. The van der Waals surface area contributed by atoms with Crippen molar-refractivity contribution in [2.75, 3.05) is 0 Å². The number of fused-ring (bicyclic) bond motifs is 1. The highest BCUT2D eigenvalue weighted by atomic mass is 79.9. The maximum absolute atomic E-state index is 11.5. The summed E-state index contributed by atoms with van der Waals surface area (Å²) < 4.78 is 3.15. The number of carbonyl (C=O) groups excluding carboxylic acids is 1. The summed E-state index contributed by atoms with van der Waals surface area (Å²) in [5.74, 6) is 4.74. The lowest BCUT2D eigenvalue weighted by molar-refractivity contribution is 0.0948. The Balaban J connectivity index is 1.95. The molecule has 0 atom stereocenters. The number of nitrogens with one attached hydrogen (secondary N) is 1. The van der Waals surface area contributed by atoms with Crippen LogP contribution in [0.3, 0.4) is 0 Å². The van der Waals surface area contributed by atoms with E-state index in [9.17, 15) is 4.79 Å². The lowest BCUT2D eigenvalue weighted by Gasteiger charge is -2.07. The largest absolute Gasteiger partial charge is 0.341 e. The van der Waals surface area contributed by atoms with Gasteiger partial charge in [-0.15, -0.1) is 0 Å². The van der Waals surface area contributed by atoms with Crippen molar-refractivity contribution in [3.63, 3.8) is 0 Å². The number of halogens is 1. The molecule has 5 nitrogen and oxygen atoms in total. The van der Waals surface area contributed by atoms with Gasteiger partial charge in [-0.1, -0.05) is 28.1 Å². The topological polar surface area (TPSA) is 72.9 Å². The molecule has 0 fully saturated rings. The van der Waals surface area contributed by atoms with Crippen molar-refractivity contribution in [1.29, 1.82) is 0 Å². The number of hydrazine groups is 1. The van der Waals surface area contributed by atoms with E-state index in [0.717, 1.165) is 21.1 Å². The molecule has 6 heteroatoms. The number of carbonyl (C=O) groups is 1. The van der Waals surface area contributed by atoms with Gasteiger partial charge in [0.05, 0.1) is 12.2 Å². The van der Waals surface area contributed by atoms with E-state index in [2.05, 4.69) is 43.0 Å². The zero-order valence-corrected chi connectivity index (χ0v) is 12.7. The summed E-state index contributed by atoms with van der Waals surface area (Å²) in [6, 6.07) is 13.4. The fourth-order valence-corrected chi connectivity index (χ4v) is 2.75. The third kappa shape index (κ3) is 2.68. The highest BCUT2D eigenvalue weighted by molar-refractivity contribution is 9.10. The van der Waals surface area contributed by atoms with E-state index in [-0.39, 0.29) is 0 Å². The Labute approximate surface area is 129 Å². The van der Waals surface area contributed by atoms with Crippen LogP contribution < -0.4 is 11.3 Å². The Morgan fingerprint density at radius 2 is 2.05 bits per heavy atom. The first-order valence-corrected chi connectivity index (χ1v) is 7.18. The van der Waals surface area contributed by atoms with Gasteiger partial charge in [0.1, 0.15) is 5.69 Å². The summed E-state index contributed by atoms with van der Waals surface area (Å²) in [6.45, 7) is 0.589. The van der Waals surface area contributed by atoms with Crippen molar-refractivity contribution >= 4 is 32.7 Å². The van der Waals surface area contributed by atoms with Gasteiger partial charge in [-0.2, -0.15) is 0 Å². The van der Waals surface area contributed by atoms with Crippen LogP contribution in [0.2, 0.25) is 0 Å². The summed E-state index contributed by atoms with van der Waals surface area (Å²) in [5.41, 5.74) is 4.31. The average molecular weight is 345 g/mol. The van der Waals surface area contributed by atoms with Gasteiger partial charge in [0.25, 0.3) is 5.91 Å². The van der Waals surface area contributed by atoms with E-state index < -0.39 is 5.91 Å². The Morgan fingerprint density at radius 1 is 1.24 bits per heavy atom. The van der Waals surface area contributed by atoms with Crippen LogP contribution in [-0.4, -0.2) is 15.5 Å². The number of rotatable bonds is 3. The van der Waals surface area contributed by atoms with E-state index in [1.807, 2.05) is 24.4 Å². The van der Waals surface area contributed by atoms with Crippen LogP contribution in [0.1, 0.15) is 16.2 Å². The number of pyridine rings is 1. The Bertz CT molecular complexity index is 812. The summed E-state index contributed by atoms with van der Waals surface area (Å²) in [7, 11) is 0. The summed E-state index contributed by atoms with van der Waals surface area (Å²) in [6.07, 6.45) is 2.01. The molecule has 3 rings (SSSR count). The Morgan fingerprint density at radius 3 is 2.86 bits per heavy atom. The van der Waals surface area contributed by atoms with E-state index >= 15 is 0 Å².